The molecule has 1 N–H and O–H groups in total. The van der Waals surface area contributed by atoms with E-state index in [2.05, 4.69) is 5.32 Å². The first-order chi connectivity index (χ1) is 12.5. The number of alkyl halides is 6. The first-order valence-corrected chi connectivity index (χ1v) is 8.76. The zero-order valence-corrected chi connectivity index (χ0v) is 14.9. The van der Waals surface area contributed by atoms with Gasteiger partial charge >= 0.3 is 12.4 Å². The lowest BCUT2D eigenvalue weighted by molar-refractivity contribution is -0.135. The Hall–Kier alpha value is -2.12. The second-order valence-corrected chi connectivity index (χ2v) is 6.79. The number of fused-ring (bicyclic) bond motifs is 3. The third kappa shape index (κ3) is 3.66. The van der Waals surface area contributed by atoms with Crippen molar-refractivity contribution < 1.29 is 26.3 Å². The van der Waals surface area contributed by atoms with E-state index in [0.717, 1.165) is 11.6 Å². The van der Waals surface area contributed by atoms with Crippen molar-refractivity contribution in [1.29, 1.82) is 0 Å². The molecule has 2 aliphatic rings. The molecule has 0 amide bonds. The van der Waals surface area contributed by atoms with Crippen molar-refractivity contribution in [3.63, 3.8) is 0 Å². The summed E-state index contributed by atoms with van der Waals surface area (Å²) in [5.41, 5.74) is 0.948. The molecular weight excluding hydrogens is 370 g/mol. The molecule has 148 valence electrons. The molecule has 0 aliphatic carbocycles. The fourth-order valence-electron chi connectivity index (χ4n) is 3.99. The highest BCUT2D eigenvalue weighted by Crippen LogP contribution is 2.32. The van der Waals surface area contributed by atoms with Crippen LogP contribution in [-0.4, -0.2) is 24.9 Å². The zero-order valence-electron chi connectivity index (χ0n) is 14.9. The van der Waals surface area contributed by atoms with E-state index in [4.69, 9.17) is 0 Å². The van der Waals surface area contributed by atoms with E-state index in [1.165, 1.54) is 6.20 Å². The van der Waals surface area contributed by atoms with Crippen molar-refractivity contribution in [3.8, 4) is 0 Å². The van der Waals surface area contributed by atoms with Crippen molar-refractivity contribution in [2.75, 3.05) is 16.8 Å². The lowest BCUT2D eigenvalue weighted by Gasteiger charge is -2.29. The van der Waals surface area contributed by atoms with Crippen LogP contribution >= 0.6 is 0 Å². The Labute approximate surface area is 152 Å². The van der Waals surface area contributed by atoms with Gasteiger partial charge in [-0.15, -0.1) is 0 Å². The van der Waals surface area contributed by atoms with Crippen molar-refractivity contribution >= 4 is 22.5 Å². The van der Waals surface area contributed by atoms with Crippen molar-refractivity contribution in [3.05, 3.63) is 34.8 Å². The fraction of sp³-hybridized carbons (Fsp3) is 0.474. The number of hydrogen-bond donors (Lipinski definition) is 1. The third-order valence-electron chi connectivity index (χ3n) is 5.07. The molecule has 3 rings (SSSR count). The summed E-state index contributed by atoms with van der Waals surface area (Å²) in [6.45, 7) is 3.80. The van der Waals surface area contributed by atoms with Crippen LogP contribution in [0.25, 0.3) is 11.1 Å². The van der Waals surface area contributed by atoms with E-state index in [0.29, 0.717) is 23.0 Å². The normalized spacial score (nSPS) is 19.3. The molecule has 8 heteroatoms. The summed E-state index contributed by atoms with van der Waals surface area (Å²) in [7, 11) is 0. The van der Waals surface area contributed by atoms with Crippen LogP contribution < -0.4 is 20.7 Å². The maximum atomic E-state index is 13.6. The summed E-state index contributed by atoms with van der Waals surface area (Å²) >= 11 is 0. The summed E-state index contributed by atoms with van der Waals surface area (Å²) in [5, 5.41) is 3.41. The molecule has 0 saturated heterocycles. The minimum absolute atomic E-state index is 0.0803. The molecule has 1 unspecified atom stereocenters. The standard InChI is InChI=1S/C19H20F6N2/c1-3-14-11(2)16-15(27(14)10-4-8-18(20,21)22)6-5-13-17(16)12(7-9-26-13)19(23,24)25/h5-7,9,14,26H,3-4,8,10H2,1-2H3. The highest BCUT2D eigenvalue weighted by atomic mass is 19.4. The van der Waals surface area contributed by atoms with Gasteiger partial charge in [0.1, 0.15) is 0 Å². The van der Waals surface area contributed by atoms with Gasteiger partial charge in [-0.3, -0.25) is 0 Å². The van der Waals surface area contributed by atoms with Crippen LogP contribution in [0.4, 0.5) is 37.7 Å². The van der Waals surface area contributed by atoms with Crippen LogP contribution in [0.1, 0.15) is 33.1 Å². The average Bonchev–Trinajstić information content (AvgIpc) is 2.84. The lowest BCUT2D eigenvalue weighted by atomic mass is 10.0. The highest BCUT2D eigenvalue weighted by molar-refractivity contribution is 5.79. The number of halogens is 6. The van der Waals surface area contributed by atoms with E-state index in [-0.39, 0.29) is 24.2 Å². The van der Waals surface area contributed by atoms with Gasteiger partial charge in [-0.25, -0.2) is 0 Å². The number of allylic oxidation sites excluding steroid dienone is 1. The number of hydrogen-bond acceptors (Lipinski definition) is 2. The van der Waals surface area contributed by atoms with E-state index >= 15 is 0 Å². The van der Waals surface area contributed by atoms with Crippen LogP contribution in [0.2, 0.25) is 0 Å². The summed E-state index contributed by atoms with van der Waals surface area (Å²) in [4.78, 5) is 1.81. The van der Waals surface area contributed by atoms with Gasteiger partial charge in [0.2, 0.25) is 0 Å². The Bertz CT molecular complexity index is 879. The Morgan fingerprint density at radius 1 is 1.07 bits per heavy atom. The van der Waals surface area contributed by atoms with E-state index in [1.807, 2.05) is 11.8 Å². The van der Waals surface area contributed by atoms with Gasteiger partial charge in [-0.05, 0) is 43.5 Å². The second kappa shape index (κ2) is 6.80. The Balaban J connectivity index is 2.15. The second-order valence-electron chi connectivity index (χ2n) is 6.79. The zero-order chi connectivity index (χ0) is 20.0. The van der Waals surface area contributed by atoms with E-state index in [1.54, 1.807) is 19.1 Å². The van der Waals surface area contributed by atoms with Crippen molar-refractivity contribution in [2.24, 2.45) is 0 Å². The van der Waals surface area contributed by atoms with Crippen molar-refractivity contribution in [1.82, 2.24) is 0 Å². The Morgan fingerprint density at radius 3 is 2.37 bits per heavy atom. The van der Waals surface area contributed by atoms with E-state index < -0.39 is 24.3 Å². The number of benzene rings is 1. The summed E-state index contributed by atoms with van der Waals surface area (Å²) in [5.74, 6) is 0. The predicted molar refractivity (Wildman–Crippen MR) is 93.7 cm³/mol. The van der Waals surface area contributed by atoms with Gasteiger partial charge in [0.05, 0.1) is 11.6 Å². The van der Waals surface area contributed by atoms with Gasteiger partial charge in [0.25, 0.3) is 0 Å². The maximum absolute atomic E-state index is 13.6. The highest BCUT2D eigenvalue weighted by Gasteiger charge is 2.37. The monoisotopic (exact) mass is 390 g/mol. The molecule has 0 radical (unpaired) electrons. The summed E-state index contributed by atoms with van der Waals surface area (Å²) in [6, 6.07) is 3.05. The molecule has 0 bridgehead atoms. The molecule has 27 heavy (non-hydrogen) atoms. The van der Waals surface area contributed by atoms with Crippen LogP contribution in [0.3, 0.4) is 0 Å². The number of rotatable bonds is 4. The maximum Gasteiger partial charge on any atom is 0.417 e. The average molecular weight is 390 g/mol. The van der Waals surface area contributed by atoms with E-state index in [9.17, 15) is 26.3 Å². The van der Waals surface area contributed by atoms with Crippen LogP contribution in [-0.2, 0) is 0 Å². The molecule has 1 aromatic carbocycles. The van der Waals surface area contributed by atoms with Crippen molar-refractivity contribution in [2.45, 2.75) is 51.5 Å². The number of nitrogens with zero attached hydrogens (tertiary/aromatic N) is 1. The third-order valence-corrected chi connectivity index (χ3v) is 5.07. The summed E-state index contributed by atoms with van der Waals surface area (Å²) in [6.07, 6.45) is -6.92. The van der Waals surface area contributed by atoms with Gasteiger partial charge in [0.15, 0.2) is 0 Å². The largest absolute Gasteiger partial charge is 0.417 e. The first kappa shape index (κ1) is 19.6. The molecule has 0 fully saturated rings. The van der Waals surface area contributed by atoms with Crippen LogP contribution in [0.5, 0.6) is 0 Å². The molecular formula is C19H20F6N2. The number of nitrogens with one attached hydrogen (secondary N) is 1. The lowest BCUT2D eigenvalue weighted by Crippen LogP contribution is -2.37. The van der Waals surface area contributed by atoms with Gasteiger partial charge in [-0.1, -0.05) is 6.92 Å². The molecule has 0 spiro atoms. The Morgan fingerprint density at radius 2 is 1.78 bits per heavy atom. The topological polar surface area (TPSA) is 15.3 Å². The molecule has 0 saturated carbocycles. The van der Waals surface area contributed by atoms with Gasteiger partial charge in [0, 0.05) is 41.0 Å². The molecule has 2 aliphatic heterocycles. The van der Waals surface area contributed by atoms with Gasteiger partial charge < -0.3 is 10.2 Å². The Kier molecular flexibility index (Phi) is 4.94. The quantitative estimate of drug-likeness (QED) is 0.765. The smallest absolute Gasteiger partial charge is 0.364 e. The van der Waals surface area contributed by atoms with Crippen LogP contribution in [0.15, 0.2) is 24.4 Å². The number of anilines is 2. The molecule has 2 heterocycles. The molecule has 0 aromatic heterocycles. The molecule has 1 atom stereocenters. The van der Waals surface area contributed by atoms with Crippen LogP contribution in [0, 0.1) is 0 Å². The predicted octanol–water partition coefficient (Wildman–Crippen LogP) is 4.45. The SMILES string of the molecule is CCC1C(C)=c2c(ccc3c2=C(C(F)(F)F)C=CN3)N1CCCC(F)(F)F. The minimum atomic E-state index is -4.52. The summed E-state index contributed by atoms with van der Waals surface area (Å²) < 4.78 is 78.2. The minimum Gasteiger partial charge on any atom is -0.364 e. The molecule has 1 aromatic rings. The molecule has 2 nitrogen and oxygen atoms in total. The first-order valence-electron chi connectivity index (χ1n) is 8.76. The fourth-order valence-corrected chi connectivity index (χ4v) is 3.99. The van der Waals surface area contributed by atoms with Gasteiger partial charge in [-0.2, -0.15) is 26.3 Å².